The summed E-state index contributed by atoms with van der Waals surface area (Å²) in [4.78, 5) is 0.733. The van der Waals surface area contributed by atoms with Crippen LogP contribution >= 0.6 is 11.3 Å². The highest BCUT2D eigenvalue weighted by Crippen LogP contribution is 2.20. The topological polar surface area (TPSA) is 132 Å². The average Bonchev–Trinajstić information content (AvgIpc) is 2.63. The van der Waals surface area contributed by atoms with Crippen molar-refractivity contribution in [3.63, 3.8) is 0 Å². The van der Waals surface area contributed by atoms with Crippen LogP contribution in [0.5, 0.6) is 0 Å². The second kappa shape index (κ2) is 5.42. The maximum Gasteiger partial charge on any atom is 0.250 e. The van der Waals surface area contributed by atoms with Crippen molar-refractivity contribution in [1.29, 1.82) is 0 Å². The van der Waals surface area contributed by atoms with Gasteiger partial charge in [-0.3, -0.25) is 0 Å². The molecule has 1 aromatic heterocycles. The van der Waals surface area contributed by atoms with Gasteiger partial charge in [-0.15, -0.1) is 11.3 Å². The molecule has 0 bridgehead atoms. The molecule has 1 heterocycles. The Morgan fingerprint density at radius 2 is 1.88 bits per heavy atom. The Labute approximate surface area is 104 Å². The van der Waals surface area contributed by atoms with E-state index in [-0.39, 0.29) is 17.3 Å². The molecule has 0 atom stereocenters. The molecule has 0 aliphatic rings. The zero-order valence-corrected chi connectivity index (χ0v) is 11.2. The number of nitrogens with two attached hydrogens (primary N) is 2. The van der Waals surface area contributed by atoms with Crippen LogP contribution < -0.4 is 15.6 Å². The van der Waals surface area contributed by atoms with E-state index in [0.717, 1.165) is 16.2 Å². The van der Waals surface area contributed by atoms with E-state index in [2.05, 4.69) is 4.72 Å². The molecule has 5 N–H and O–H groups in total. The first kappa shape index (κ1) is 14.5. The van der Waals surface area contributed by atoms with Crippen molar-refractivity contribution in [2.75, 3.05) is 12.3 Å². The predicted molar refractivity (Wildman–Crippen MR) is 65.4 cm³/mol. The summed E-state index contributed by atoms with van der Waals surface area (Å²) >= 11 is 1.04. The molecular formula is C7H13N3O4S3. The molecule has 0 aliphatic heterocycles. The van der Waals surface area contributed by atoms with Gasteiger partial charge < -0.3 is 5.73 Å². The maximum atomic E-state index is 11.7. The van der Waals surface area contributed by atoms with Crippen molar-refractivity contribution in [2.24, 2.45) is 10.9 Å². The first-order valence-corrected chi connectivity index (χ1v) is 8.55. The monoisotopic (exact) mass is 299 g/mol. The van der Waals surface area contributed by atoms with Gasteiger partial charge in [0.05, 0.1) is 5.75 Å². The molecule has 0 aliphatic carbocycles. The molecule has 0 radical (unpaired) electrons. The van der Waals surface area contributed by atoms with Gasteiger partial charge in [0.25, 0.3) is 0 Å². The van der Waals surface area contributed by atoms with Crippen LogP contribution in [0.15, 0.2) is 16.3 Å². The number of nitrogens with one attached hydrogen (secondary N) is 1. The lowest BCUT2D eigenvalue weighted by Gasteiger charge is -2.03. The van der Waals surface area contributed by atoms with Gasteiger partial charge in [-0.05, 0) is 12.1 Å². The molecule has 0 fully saturated rings. The fourth-order valence-corrected chi connectivity index (χ4v) is 3.83. The van der Waals surface area contributed by atoms with Crippen LogP contribution in [0.1, 0.15) is 4.88 Å². The number of rotatable bonds is 6. The Morgan fingerprint density at radius 3 is 2.35 bits per heavy atom. The molecular weight excluding hydrogens is 286 g/mol. The minimum Gasteiger partial charge on any atom is -0.326 e. The molecule has 0 spiro atoms. The van der Waals surface area contributed by atoms with Gasteiger partial charge in [-0.25, -0.2) is 26.7 Å². The van der Waals surface area contributed by atoms with Crippen molar-refractivity contribution < 1.29 is 16.8 Å². The fourth-order valence-electron chi connectivity index (χ4n) is 1.00. The van der Waals surface area contributed by atoms with Crippen LogP contribution in [-0.4, -0.2) is 29.1 Å². The highest BCUT2D eigenvalue weighted by atomic mass is 32.2. The quantitative estimate of drug-likeness (QED) is 0.605. The lowest BCUT2D eigenvalue weighted by molar-refractivity contribution is 0.583. The molecule has 0 aromatic carbocycles. The summed E-state index contributed by atoms with van der Waals surface area (Å²) in [5.74, 6) is -0.443. The fraction of sp³-hybridized carbons (Fsp3) is 0.429. The van der Waals surface area contributed by atoms with Crippen LogP contribution in [-0.2, 0) is 26.6 Å². The van der Waals surface area contributed by atoms with Gasteiger partial charge in [-0.2, -0.15) is 0 Å². The van der Waals surface area contributed by atoms with E-state index in [1.54, 1.807) is 6.07 Å². The second-order valence-corrected chi connectivity index (χ2v) is 8.09. The summed E-state index contributed by atoms with van der Waals surface area (Å²) < 4.78 is 46.9. The largest absolute Gasteiger partial charge is 0.326 e. The Hall–Kier alpha value is -0.520. The zero-order valence-electron chi connectivity index (χ0n) is 8.79. The molecule has 0 amide bonds. The van der Waals surface area contributed by atoms with Crippen LogP contribution in [0.25, 0.3) is 0 Å². The second-order valence-electron chi connectivity index (χ2n) is 3.19. The molecule has 0 unspecified atom stereocenters. The summed E-state index contributed by atoms with van der Waals surface area (Å²) in [6, 6.07) is 3.03. The van der Waals surface area contributed by atoms with E-state index in [4.69, 9.17) is 10.9 Å². The summed E-state index contributed by atoms with van der Waals surface area (Å²) in [6.45, 7) is 0.00832. The standard InChI is InChI=1S/C7H13N3O4S3/c8-5-6-1-2-7(15-6)17(13,14)10-3-4-16(9,11)12/h1-2,10H,3-5,8H2,(H2,9,11,12). The number of primary sulfonamides is 1. The zero-order chi connectivity index (χ0) is 13.1. The van der Waals surface area contributed by atoms with Crippen LogP contribution in [0, 0.1) is 0 Å². The SMILES string of the molecule is NCc1ccc(S(=O)(=O)NCCS(N)(=O)=O)s1. The predicted octanol–water partition coefficient (Wildman–Crippen LogP) is -1.23. The van der Waals surface area contributed by atoms with E-state index in [1.807, 2.05) is 0 Å². The third-order valence-electron chi connectivity index (χ3n) is 1.78. The first-order valence-electron chi connectivity index (χ1n) is 4.53. The van der Waals surface area contributed by atoms with Gasteiger partial charge in [0, 0.05) is 18.0 Å². The number of hydrogen-bond donors (Lipinski definition) is 3. The number of hydrogen-bond acceptors (Lipinski definition) is 6. The lowest BCUT2D eigenvalue weighted by atomic mass is 10.5. The van der Waals surface area contributed by atoms with Crippen LogP contribution in [0.3, 0.4) is 0 Å². The maximum absolute atomic E-state index is 11.7. The Bertz CT molecular complexity index is 575. The van der Waals surface area contributed by atoms with Crippen molar-refractivity contribution >= 4 is 31.4 Å². The van der Waals surface area contributed by atoms with Gasteiger partial charge in [0.1, 0.15) is 4.21 Å². The number of thiophene rings is 1. The van der Waals surface area contributed by atoms with Crippen molar-refractivity contribution in [1.82, 2.24) is 4.72 Å². The minimum atomic E-state index is -3.68. The summed E-state index contributed by atoms with van der Waals surface area (Å²) in [7, 11) is -7.35. The smallest absolute Gasteiger partial charge is 0.250 e. The van der Waals surface area contributed by atoms with Gasteiger partial charge >= 0.3 is 0 Å². The number of sulfonamides is 2. The summed E-state index contributed by atoms with van der Waals surface area (Å²) in [5.41, 5.74) is 5.36. The van der Waals surface area contributed by atoms with Gasteiger partial charge in [0.15, 0.2) is 0 Å². The highest BCUT2D eigenvalue weighted by Gasteiger charge is 2.16. The average molecular weight is 299 g/mol. The third-order valence-corrected chi connectivity index (χ3v) is 5.62. The minimum absolute atomic E-state index is 0.104. The van der Waals surface area contributed by atoms with Crippen molar-refractivity contribution in [2.45, 2.75) is 10.8 Å². The van der Waals surface area contributed by atoms with Gasteiger partial charge in [0.2, 0.25) is 20.0 Å². The van der Waals surface area contributed by atoms with E-state index in [9.17, 15) is 16.8 Å². The van der Waals surface area contributed by atoms with Crippen LogP contribution in [0.4, 0.5) is 0 Å². The lowest BCUT2D eigenvalue weighted by Crippen LogP contribution is -2.31. The summed E-state index contributed by atoms with van der Waals surface area (Å²) in [6.07, 6.45) is 0. The Morgan fingerprint density at radius 1 is 1.24 bits per heavy atom. The molecule has 0 saturated heterocycles. The molecule has 17 heavy (non-hydrogen) atoms. The first-order chi connectivity index (χ1) is 7.74. The van der Waals surface area contributed by atoms with E-state index in [0.29, 0.717) is 0 Å². The molecule has 98 valence electrons. The molecule has 10 heteroatoms. The normalized spacial score (nSPS) is 12.8. The molecule has 7 nitrogen and oxygen atoms in total. The van der Waals surface area contributed by atoms with E-state index < -0.39 is 25.8 Å². The summed E-state index contributed by atoms with van der Waals surface area (Å²) in [5, 5.41) is 4.75. The van der Waals surface area contributed by atoms with Crippen LogP contribution in [0.2, 0.25) is 0 Å². The molecule has 1 aromatic rings. The van der Waals surface area contributed by atoms with Crippen molar-refractivity contribution in [3.05, 3.63) is 17.0 Å². The van der Waals surface area contributed by atoms with E-state index in [1.165, 1.54) is 6.07 Å². The van der Waals surface area contributed by atoms with Gasteiger partial charge in [-0.1, -0.05) is 0 Å². The highest BCUT2D eigenvalue weighted by molar-refractivity contribution is 7.91. The van der Waals surface area contributed by atoms with E-state index >= 15 is 0 Å². The Kier molecular flexibility index (Phi) is 4.63. The Balaban J connectivity index is 2.69. The molecule has 0 saturated carbocycles. The van der Waals surface area contributed by atoms with Crippen molar-refractivity contribution in [3.8, 4) is 0 Å². The third kappa shape index (κ3) is 4.69. The molecule has 1 rings (SSSR count).